The lowest BCUT2D eigenvalue weighted by Crippen LogP contribution is -2.12. The van der Waals surface area contributed by atoms with Gasteiger partial charge < -0.3 is 14.5 Å². The van der Waals surface area contributed by atoms with E-state index in [1.54, 1.807) is 29.1 Å². The molecule has 2 aromatic heterocycles. The van der Waals surface area contributed by atoms with E-state index in [0.717, 1.165) is 10.9 Å². The second-order valence-corrected chi connectivity index (χ2v) is 5.79. The molecule has 0 spiro atoms. The van der Waals surface area contributed by atoms with Gasteiger partial charge in [-0.1, -0.05) is 6.07 Å². The number of aromatic nitrogens is 3. The Morgan fingerprint density at radius 1 is 1.12 bits per heavy atom. The number of benzene rings is 2. The minimum atomic E-state index is -0.483. The largest absolute Gasteiger partial charge is 0.350 e. The van der Waals surface area contributed by atoms with Gasteiger partial charge in [0.2, 0.25) is 0 Å². The number of hydrogen-bond acceptors (Lipinski definition) is 2. The van der Waals surface area contributed by atoms with Gasteiger partial charge in [-0.3, -0.25) is 4.79 Å². The lowest BCUT2D eigenvalue weighted by molar-refractivity contribution is 0.102. The van der Waals surface area contributed by atoms with Gasteiger partial charge in [0.1, 0.15) is 5.82 Å². The van der Waals surface area contributed by atoms with Crippen molar-refractivity contribution in [3.63, 3.8) is 0 Å². The summed E-state index contributed by atoms with van der Waals surface area (Å²) in [6.07, 6.45) is 6.68. The number of nitrogens with one attached hydrogen (secondary N) is 1. The summed E-state index contributed by atoms with van der Waals surface area (Å²) in [6, 6.07) is 12.0. The Bertz CT molecular complexity index is 1070. The summed E-state index contributed by atoms with van der Waals surface area (Å²) >= 11 is 0. The van der Waals surface area contributed by atoms with Crippen molar-refractivity contribution < 1.29 is 9.18 Å². The molecular formula is C19H15FN4O. The van der Waals surface area contributed by atoms with Gasteiger partial charge in [0.25, 0.3) is 5.91 Å². The fourth-order valence-corrected chi connectivity index (χ4v) is 2.80. The molecule has 5 nitrogen and oxygen atoms in total. The zero-order valence-electron chi connectivity index (χ0n) is 13.5. The SMILES string of the molecule is Cn1ccc2ccc(NC(=O)c3ccc(-n4ccnc4)c(F)c3)cc21. The minimum absolute atomic E-state index is 0.258. The van der Waals surface area contributed by atoms with Crippen LogP contribution in [0.15, 0.2) is 67.4 Å². The number of amides is 1. The summed E-state index contributed by atoms with van der Waals surface area (Å²) in [5.74, 6) is -0.840. The van der Waals surface area contributed by atoms with Crippen molar-refractivity contribution in [3.8, 4) is 5.69 Å². The summed E-state index contributed by atoms with van der Waals surface area (Å²) < 4.78 is 17.8. The normalized spacial score (nSPS) is 11.0. The number of aryl methyl sites for hydroxylation is 1. The van der Waals surface area contributed by atoms with Gasteiger partial charge in [-0.05, 0) is 41.8 Å². The molecule has 0 radical (unpaired) electrons. The maximum Gasteiger partial charge on any atom is 0.255 e. The number of nitrogens with zero attached hydrogens (tertiary/aromatic N) is 3. The average molecular weight is 334 g/mol. The molecule has 4 aromatic rings. The molecule has 0 aliphatic rings. The van der Waals surface area contributed by atoms with E-state index < -0.39 is 5.82 Å². The molecule has 0 unspecified atom stereocenters. The zero-order chi connectivity index (χ0) is 17.4. The molecule has 0 saturated heterocycles. The zero-order valence-corrected chi connectivity index (χ0v) is 13.5. The Kier molecular flexibility index (Phi) is 3.57. The molecule has 1 N–H and O–H groups in total. The maximum atomic E-state index is 14.3. The Hall–Kier alpha value is -3.41. The number of halogens is 1. The summed E-state index contributed by atoms with van der Waals surface area (Å²) in [7, 11) is 1.94. The molecule has 1 amide bonds. The monoisotopic (exact) mass is 334 g/mol. The van der Waals surface area contributed by atoms with Crippen molar-refractivity contribution in [1.29, 1.82) is 0 Å². The lowest BCUT2D eigenvalue weighted by Gasteiger charge is -2.09. The van der Waals surface area contributed by atoms with E-state index in [2.05, 4.69) is 10.3 Å². The molecule has 0 fully saturated rings. The van der Waals surface area contributed by atoms with E-state index in [1.807, 2.05) is 42.1 Å². The number of carbonyl (C=O) groups excluding carboxylic acids is 1. The number of fused-ring (bicyclic) bond motifs is 1. The van der Waals surface area contributed by atoms with Crippen LogP contribution in [-0.4, -0.2) is 20.0 Å². The van der Waals surface area contributed by atoms with Crippen LogP contribution in [0.5, 0.6) is 0 Å². The Labute approximate surface area is 143 Å². The van der Waals surface area contributed by atoms with Gasteiger partial charge in [-0.2, -0.15) is 0 Å². The molecular weight excluding hydrogens is 319 g/mol. The van der Waals surface area contributed by atoms with Crippen molar-refractivity contribution in [2.45, 2.75) is 0 Å². The van der Waals surface area contributed by atoms with Crippen LogP contribution in [0.1, 0.15) is 10.4 Å². The van der Waals surface area contributed by atoms with E-state index in [-0.39, 0.29) is 11.5 Å². The second kappa shape index (κ2) is 5.90. The molecule has 2 aromatic carbocycles. The second-order valence-electron chi connectivity index (χ2n) is 5.79. The van der Waals surface area contributed by atoms with E-state index in [1.165, 1.54) is 12.4 Å². The predicted molar refractivity (Wildman–Crippen MR) is 94.4 cm³/mol. The number of imidazole rings is 1. The highest BCUT2D eigenvalue weighted by atomic mass is 19.1. The molecule has 2 heterocycles. The predicted octanol–water partition coefficient (Wildman–Crippen LogP) is 3.76. The Balaban J connectivity index is 1.59. The van der Waals surface area contributed by atoms with Gasteiger partial charge in [0, 0.05) is 42.4 Å². The van der Waals surface area contributed by atoms with Crippen LogP contribution in [0, 0.1) is 5.82 Å². The summed E-state index contributed by atoms with van der Waals surface area (Å²) in [6.45, 7) is 0. The van der Waals surface area contributed by atoms with Gasteiger partial charge in [-0.25, -0.2) is 9.37 Å². The number of carbonyl (C=O) groups is 1. The van der Waals surface area contributed by atoms with E-state index in [0.29, 0.717) is 11.4 Å². The van der Waals surface area contributed by atoms with Crippen LogP contribution in [0.4, 0.5) is 10.1 Å². The van der Waals surface area contributed by atoms with Crippen molar-refractivity contribution >= 4 is 22.5 Å². The first-order valence-electron chi connectivity index (χ1n) is 7.76. The highest BCUT2D eigenvalue weighted by Gasteiger charge is 2.11. The van der Waals surface area contributed by atoms with Crippen LogP contribution >= 0.6 is 0 Å². The van der Waals surface area contributed by atoms with Gasteiger partial charge in [-0.15, -0.1) is 0 Å². The summed E-state index contributed by atoms with van der Waals surface area (Å²) in [5.41, 5.74) is 2.28. The average Bonchev–Trinajstić information content (AvgIpc) is 3.25. The molecule has 0 aliphatic heterocycles. The topological polar surface area (TPSA) is 51.9 Å². The molecule has 6 heteroatoms. The summed E-state index contributed by atoms with van der Waals surface area (Å²) in [5, 5.41) is 3.90. The number of hydrogen-bond donors (Lipinski definition) is 1. The van der Waals surface area contributed by atoms with Crippen LogP contribution in [-0.2, 0) is 7.05 Å². The highest BCUT2D eigenvalue weighted by molar-refractivity contribution is 6.05. The smallest absolute Gasteiger partial charge is 0.255 e. The third-order valence-corrected chi connectivity index (χ3v) is 4.14. The fourth-order valence-electron chi connectivity index (χ4n) is 2.80. The first kappa shape index (κ1) is 15.1. The van der Waals surface area contributed by atoms with Gasteiger partial charge >= 0.3 is 0 Å². The fraction of sp³-hybridized carbons (Fsp3) is 0.0526. The molecule has 25 heavy (non-hydrogen) atoms. The Morgan fingerprint density at radius 3 is 2.76 bits per heavy atom. The standard InChI is InChI=1S/C19H15FN4O/c1-23-8-6-13-2-4-15(11-18(13)23)22-19(25)14-3-5-17(16(20)10-14)24-9-7-21-12-24/h2-12H,1H3,(H,22,25). The summed E-state index contributed by atoms with van der Waals surface area (Å²) in [4.78, 5) is 16.3. The van der Waals surface area contributed by atoms with Crippen molar-refractivity contribution in [2.24, 2.45) is 7.05 Å². The third kappa shape index (κ3) is 2.78. The quantitative estimate of drug-likeness (QED) is 0.620. The van der Waals surface area contributed by atoms with E-state index in [4.69, 9.17) is 0 Å². The van der Waals surface area contributed by atoms with Gasteiger partial charge in [0.05, 0.1) is 12.0 Å². The number of anilines is 1. The van der Waals surface area contributed by atoms with Gasteiger partial charge in [0.15, 0.2) is 0 Å². The maximum absolute atomic E-state index is 14.3. The van der Waals surface area contributed by atoms with Crippen molar-refractivity contribution in [2.75, 3.05) is 5.32 Å². The van der Waals surface area contributed by atoms with Crippen molar-refractivity contribution in [3.05, 3.63) is 78.8 Å². The molecule has 0 atom stereocenters. The third-order valence-electron chi connectivity index (χ3n) is 4.14. The first-order chi connectivity index (χ1) is 12.1. The molecule has 0 bridgehead atoms. The van der Waals surface area contributed by atoms with E-state index in [9.17, 15) is 9.18 Å². The van der Waals surface area contributed by atoms with Crippen LogP contribution in [0.3, 0.4) is 0 Å². The Morgan fingerprint density at radius 2 is 2.00 bits per heavy atom. The molecule has 124 valence electrons. The van der Waals surface area contributed by atoms with Crippen LogP contribution < -0.4 is 5.32 Å². The minimum Gasteiger partial charge on any atom is -0.350 e. The van der Waals surface area contributed by atoms with Crippen LogP contribution in [0.25, 0.3) is 16.6 Å². The van der Waals surface area contributed by atoms with Crippen LogP contribution in [0.2, 0.25) is 0 Å². The molecule has 0 aliphatic carbocycles. The van der Waals surface area contributed by atoms with Crippen molar-refractivity contribution in [1.82, 2.24) is 14.1 Å². The first-order valence-corrected chi connectivity index (χ1v) is 7.76. The highest BCUT2D eigenvalue weighted by Crippen LogP contribution is 2.21. The molecule has 0 saturated carbocycles. The lowest BCUT2D eigenvalue weighted by atomic mass is 10.1. The number of rotatable bonds is 3. The van der Waals surface area contributed by atoms with E-state index >= 15 is 0 Å². The molecule has 4 rings (SSSR count).